The molecule has 5 nitrogen and oxygen atoms in total. The van der Waals surface area contributed by atoms with Gasteiger partial charge >= 0.3 is 0 Å². The first kappa shape index (κ1) is 13.3. The average Bonchev–Trinajstić information content (AvgIpc) is 3.06. The van der Waals surface area contributed by atoms with Crippen molar-refractivity contribution < 1.29 is 9.94 Å². The molecule has 0 aromatic carbocycles. The first-order valence-corrected chi connectivity index (χ1v) is 5.88. The van der Waals surface area contributed by atoms with E-state index >= 15 is 0 Å². The molecule has 1 saturated carbocycles. The van der Waals surface area contributed by atoms with Crippen LogP contribution < -0.4 is 11.1 Å². The molecule has 0 atom stereocenters. The molecule has 1 aliphatic carbocycles. The molecule has 1 fully saturated rings. The topological polar surface area (TPSA) is 79.9 Å². The zero-order valence-corrected chi connectivity index (χ0v) is 10.0. The van der Waals surface area contributed by atoms with Gasteiger partial charge in [0.15, 0.2) is 0 Å². The molecule has 94 valence electrons. The fraction of sp³-hybridized carbons (Fsp3) is 0.909. The van der Waals surface area contributed by atoms with Crippen molar-refractivity contribution in [1.82, 2.24) is 5.32 Å². The largest absolute Gasteiger partial charge is 0.409 e. The molecule has 1 aliphatic rings. The van der Waals surface area contributed by atoms with Crippen LogP contribution >= 0.6 is 0 Å². The zero-order chi connectivity index (χ0) is 11.9. The van der Waals surface area contributed by atoms with Crippen molar-refractivity contribution in [3.8, 4) is 0 Å². The molecule has 5 heteroatoms. The van der Waals surface area contributed by atoms with Gasteiger partial charge in [-0.15, -0.1) is 0 Å². The summed E-state index contributed by atoms with van der Waals surface area (Å²) in [7, 11) is 1.75. The Kier molecular flexibility index (Phi) is 5.55. The summed E-state index contributed by atoms with van der Waals surface area (Å²) in [6.07, 6.45) is 5.33. The minimum atomic E-state index is 0.308. The lowest BCUT2D eigenvalue weighted by molar-refractivity contribution is 0.171. The lowest BCUT2D eigenvalue weighted by atomic mass is 10.0. The highest BCUT2D eigenvalue weighted by Gasteiger charge is 2.41. The average molecular weight is 229 g/mol. The minimum Gasteiger partial charge on any atom is -0.409 e. The Bertz CT molecular complexity index is 227. The summed E-state index contributed by atoms with van der Waals surface area (Å²) >= 11 is 0. The van der Waals surface area contributed by atoms with E-state index in [-0.39, 0.29) is 0 Å². The van der Waals surface area contributed by atoms with E-state index in [1.165, 1.54) is 12.8 Å². The van der Waals surface area contributed by atoms with Crippen LogP contribution in [0.15, 0.2) is 5.16 Å². The van der Waals surface area contributed by atoms with E-state index in [0.29, 0.717) is 17.7 Å². The van der Waals surface area contributed by atoms with Crippen LogP contribution in [0.4, 0.5) is 0 Å². The molecule has 0 amide bonds. The van der Waals surface area contributed by atoms with Crippen molar-refractivity contribution in [1.29, 1.82) is 0 Å². The van der Waals surface area contributed by atoms with Gasteiger partial charge in [-0.1, -0.05) is 5.16 Å². The summed E-state index contributed by atoms with van der Waals surface area (Å²) in [6, 6.07) is 0. The van der Waals surface area contributed by atoms with Crippen molar-refractivity contribution >= 4 is 5.84 Å². The molecule has 0 aromatic heterocycles. The molecule has 4 N–H and O–H groups in total. The molecule has 0 aliphatic heterocycles. The van der Waals surface area contributed by atoms with Gasteiger partial charge in [0.25, 0.3) is 0 Å². The number of oxime groups is 1. The van der Waals surface area contributed by atoms with E-state index in [1.807, 2.05) is 0 Å². The molecule has 1 rings (SSSR count). The van der Waals surface area contributed by atoms with Crippen LogP contribution in [0.3, 0.4) is 0 Å². The highest BCUT2D eigenvalue weighted by molar-refractivity contribution is 5.79. The smallest absolute Gasteiger partial charge is 0.139 e. The number of nitrogens with one attached hydrogen (secondary N) is 1. The Hall–Kier alpha value is -0.810. The van der Waals surface area contributed by atoms with Crippen LogP contribution in [0.1, 0.15) is 32.1 Å². The highest BCUT2D eigenvalue weighted by Crippen LogP contribution is 2.48. The maximum Gasteiger partial charge on any atom is 0.139 e. The Morgan fingerprint density at radius 1 is 1.56 bits per heavy atom. The minimum absolute atomic E-state index is 0.308. The van der Waals surface area contributed by atoms with Gasteiger partial charge < -0.3 is 21.0 Å². The summed E-state index contributed by atoms with van der Waals surface area (Å²) < 4.78 is 5.10. The van der Waals surface area contributed by atoms with E-state index < -0.39 is 0 Å². The van der Waals surface area contributed by atoms with Crippen molar-refractivity contribution in [2.45, 2.75) is 32.1 Å². The third kappa shape index (κ3) is 4.81. The van der Waals surface area contributed by atoms with Gasteiger partial charge in [-0.3, -0.25) is 0 Å². The van der Waals surface area contributed by atoms with Crippen LogP contribution in [0.25, 0.3) is 0 Å². The Balaban J connectivity index is 1.99. The summed E-state index contributed by atoms with van der Waals surface area (Å²) in [6.45, 7) is 2.84. The van der Waals surface area contributed by atoms with E-state index in [4.69, 9.17) is 15.7 Å². The number of rotatable bonds is 9. The molecular weight excluding hydrogens is 206 g/mol. The number of methoxy groups -OCH3 is 1. The van der Waals surface area contributed by atoms with Crippen LogP contribution in [-0.2, 0) is 4.74 Å². The summed E-state index contributed by atoms with van der Waals surface area (Å²) in [5.41, 5.74) is 5.87. The first-order chi connectivity index (χ1) is 7.72. The Morgan fingerprint density at radius 3 is 2.88 bits per heavy atom. The normalized spacial score (nSPS) is 18.7. The van der Waals surface area contributed by atoms with Crippen molar-refractivity contribution in [2.75, 3.05) is 26.8 Å². The van der Waals surface area contributed by atoms with Gasteiger partial charge in [0, 0.05) is 26.7 Å². The van der Waals surface area contributed by atoms with Crippen molar-refractivity contribution in [2.24, 2.45) is 16.3 Å². The first-order valence-electron chi connectivity index (χ1n) is 5.88. The molecule has 0 saturated heterocycles. The van der Waals surface area contributed by atoms with E-state index in [0.717, 1.165) is 32.5 Å². The molecule has 0 unspecified atom stereocenters. The summed E-state index contributed by atoms with van der Waals surface area (Å²) in [5, 5.41) is 14.7. The summed E-state index contributed by atoms with van der Waals surface area (Å²) in [5.74, 6) is 0.308. The second kappa shape index (κ2) is 6.70. The predicted molar refractivity (Wildman–Crippen MR) is 63.7 cm³/mol. The fourth-order valence-corrected chi connectivity index (χ4v) is 1.81. The SMILES string of the molecule is COCCC1(CNCCCC(N)=NO)CC1. The van der Waals surface area contributed by atoms with Gasteiger partial charge in [0.05, 0.1) is 0 Å². The lowest BCUT2D eigenvalue weighted by Gasteiger charge is -2.15. The van der Waals surface area contributed by atoms with Gasteiger partial charge in [0.1, 0.15) is 5.84 Å². The fourth-order valence-electron chi connectivity index (χ4n) is 1.81. The second-order valence-electron chi connectivity index (χ2n) is 4.61. The van der Waals surface area contributed by atoms with E-state index in [9.17, 15) is 0 Å². The van der Waals surface area contributed by atoms with Gasteiger partial charge in [0.2, 0.25) is 0 Å². The number of ether oxygens (including phenoxy) is 1. The third-order valence-corrected chi connectivity index (χ3v) is 3.21. The molecule has 0 radical (unpaired) electrons. The Labute approximate surface area is 97.0 Å². The number of nitrogens with two attached hydrogens (primary N) is 1. The number of hydrogen-bond acceptors (Lipinski definition) is 4. The van der Waals surface area contributed by atoms with Crippen LogP contribution in [0.5, 0.6) is 0 Å². The molecule has 0 heterocycles. The quantitative estimate of drug-likeness (QED) is 0.180. The molecule has 0 bridgehead atoms. The van der Waals surface area contributed by atoms with Gasteiger partial charge in [-0.25, -0.2) is 0 Å². The Morgan fingerprint density at radius 2 is 2.31 bits per heavy atom. The van der Waals surface area contributed by atoms with Crippen molar-refractivity contribution in [3.05, 3.63) is 0 Å². The van der Waals surface area contributed by atoms with E-state index in [1.54, 1.807) is 7.11 Å². The zero-order valence-electron chi connectivity index (χ0n) is 10.0. The molecular formula is C11H23N3O2. The van der Waals surface area contributed by atoms with E-state index in [2.05, 4.69) is 10.5 Å². The van der Waals surface area contributed by atoms with Crippen LogP contribution in [0.2, 0.25) is 0 Å². The number of amidine groups is 1. The van der Waals surface area contributed by atoms with Gasteiger partial charge in [-0.2, -0.15) is 0 Å². The number of nitrogens with zero attached hydrogens (tertiary/aromatic N) is 1. The highest BCUT2D eigenvalue weighted by atomic mass is 16.5. The molecule has 0 aromatic rings. The lowest BCUT2D eigenvalue weighted by Crippen LogP contribution is -2.26. The maximum atomic E-state index is 8.36. The standard InChI is InChI=1S/C11H23N3O2/c1-16-8-6-11(4-5-11)9-13-7-2-3-10(12)14-15/h13,15H,2-9H2,1H3,(H2,12,14). The summed E-state index contributed by atoms with van der Waals surface area (Å²) in [4.78, 5) is 0. The van der Waals surface area contributed by atoms with Crippen LogP contribution in [0, 0.1) is 5.41 Å². The predicted octanol–water partition coefficient (Wildman–Crippen LogP) is 0.919. The van der Waals surface area contributed by atoms with Gasteiger partial charge in [-0.05, 0) is 37.6 Å². The molecule has 0 spiro atoms. The van der Waals surface area contributed by atoms with Crippen molar-refractivity contribution in [3.63, 3.8) is 0 Å². The maximum absolute atomic E-state index is 8.36. The molecule has 16 heavy (non-hydrogen) atoms. The van der Waals surface area contributed by atoms with Crippen LogP contribution in [-0.4, -0.2) is 37.8 Å². The second-order valence-corrected chi connectivity index (χ2v) is 4.61. The number of hydrogen-bond donors (Lipinski definition) is 3. The third-order valence-electron chi connectivity index (χ3n) is 3.21. The monoisotopic (exact) mass is 229 g/mol.